The molecule has 2 saturated heterocycles. The summed E-state index contributed by atoms with van der Waals surface area (Å²) in [6.45, 7) is 0.673. The summed E-state index contributed by atoms with van der Waals surface area (Å²) in [5.74, 6) is 0.498. The van der Waals surface area contributed by atoms with Gasteiger partial charge in [-0.15, -0.1) is 0 Å². The Labute approximate surface area is 124 Å². The van der Waals surface area contributed by atoms with Crippen LogP contribution in [-0.4, -0.2) is 39.2 Å². The zero-order valence-corrected chi connectivity index (χ0v) is 12.1. The molecule has 1 N–H and O–H groups in total. The third kappa shape index (κ3) is 2.88. The number of aliphatic hydroxyl groups is 1. The first kappa shape index (κ1) is 14.3. The van der Waals surface area contributed by atoms with Crippen molar-refractivity contribution in [3.8, 4) is 0 Å². The van der Waals surface area contributed by atoms with Gasteiger partial charge in [-0.25, -0.2) is 0 Å². The minimum atomic E-state index is -0.0627. The number of rotatable bonds is 4. The summed E-state index contributed by atoms with van der Waals surface area (Å²) in [7, 11) is 0. The fourth-order valence-corrected chi connectivity index (χ4v) is 3.84. The lowest BCUT2D eigenvalue weighted by Crippen LogP contribution is -2.47. The maximum absolute atomic E-state index is 12.5. The molecule has 1 unspecified atom stereocenters. The summed E-state index contributed by atoms with van der Waals surface area (Å²) >= 11 is 0. The van der Waals surface area contributed by atoms with Crippen molar-refractivity contribution >= 4 is 5.91 Å². The van der Waals surface area contributed by atoms with Crippen LogP contribution in [-0.2, 0) is 11.3 Å². The van der Waals surface area contributed by atoms with Gasteiger partial charge in [0, 0.05) is 43.9 Å². The van der Waals surface area contributed by atoms with E-state index in [1.54, 1.807) is 16.8 Å². The molecule has 3 rings (SSSR count). The van der Waals surface area contributed by atoms with Crippen molar-refractivity contribution in [1.82, 2.24) is 9.47 Å². The molecule has 2 bridgehead atoms. The molecule has 0 spiro atoms. The molecule has 0 saturated carbocycles. The van der Waals surface area contributed by atoms with Gasteiger partial charge in [-0.05, 0) is 37.7 Å². The molecule has 0 aliphatic carbocycles. The second-order valence-corrected chi connectivity index (χ2v) is 6.19. The van der Waals surface area contributed by atoms with Gasteiger partial charge in [-0.3, -0.25) is 9.59 Å². The number of fused-ring (bicyclic) bond motifs is 2. The van der Waals surface area contributed by atoms with E-state index in [9.17, 15) is 14.7 Å². The second-order valence-electron chi connectivity index (χ2n) is 6.19. The van der Waals surface area contributed by atoms with E-state index in [-0.39, 0.29) is 18.1 Å². The molecule has 0 radical (unpaired) electrons. The SMILES string of the molecule is O=C(CCn1ccccc1=O)N1[C@@H]2CC[C@H]1CC(CO)C2. The van der Waals surface area contributed by atoms with Crippen LogP contribution in [0.1, 0.15) is 32.1 Å². The molecule has 1 aromatic heterocycles. The summed E-state index contributed by atoms with van der Waals surface area (Å²) in [5.41, 5.74) is -0.0627. The lowest BCUT2D eigenvalue weighted by Gasteiger charge is -2.38. The van der Waals surface area contributed by atoms with E-state index >= 15 is 0 Å². The Hall–Kier alpha value is -1.62. The molecule has 21 heavy (non-hydrogen) atoms. The van der Waals surface area contributed by atoms with Crippen LogP contribution >= 0.6 is 0 Å². The summed E-state index contributed by atoms with van der Waals surface area (Å²) in [4.78, 5) is 26.2. The van der Waals surface area contributed by atoms with Gasteiger partial charge < -0.3 is 14.6 Å². The molecule has 3 heterocycles. The van der Waals surface area contributed by atoms with Crippen LogP contribution in [0.4, 0.5) is 0 Å². The highest BCUT2D eigenvalue weighted by molar-refractivity contribution is 5.77. The molecule has 2 aliphatic heterocycles. The highest BCUT2D eigenvalue weighted by Crippen LogP contribution is 2.38. The van der Waals surface area contributed by atoms with Crippen LogP contribution in [0.15, 0.2) is 29.2 Å². The smallest absolute Gasteiger partial charge is 0.250 e. The van der Waals surface area contributed by atoms with Gasteiger partial charge >= 0.3 is 0 Å². The molecule has 3 atom stereocenters. The van der Waals surface area contributed by atoms with Gasteiger partial charge in [-0.2, -0.15) is 0 Å². The van der Waals surface area contributed by atoms with E-state index in [0.29, 0.717) is 31.0 Å². The van der Waals surface area contributed by atoms with Crippen LogP contribution in [0, 0.1) is 5.92 Å². The molecular formula is C16H22N2O3. The van der Waals surface area contributed by atoms with Gasteiger partial charge in [0.2, 0.25) is 5.91 Å². The van der Waals surface area contributed by atoms with E-state index < -0.39 is 0 Å². The van der Waals surface area contributed by atoms with Gasteiger partial charge in [0.05, 0.1) is 0 Å². The molecule has 2 aliphatic rings. The lowest BCUT2D eigenvalue weighted by atomic mass is 9.91. The largest absolute Gasteiger partial charge is 0.396 e. The number of pyridine rings is 1. The number of amides is 1. The van der Waals surface area contributed by atoms with Crippen molar-refractivity contribution in [3.63, 3.8) is 0 Å². The average Bonchev–Trinajstić information content (AvgIpc) is 2.76. The highest BCUT2D eigenvalue weighted by Gasteiger charge is 2.42. The number of hydrogen-bond donors (Lipinski definition) is 1. The normalized spacial score (nSPS) is 27.9. The second kappa shape index (κ2) is 6.02. The molecule has 5 nitrogen and oxygen atoms in total. The quantitative estimate of drug-likeness (QED) is 0.900. The van der Waals surface area contributed by atoms with Gasteiger partial charge in [-0.1, -0.05) is 6.07 Å². The molecular weight excluding hydrogens is 268 g/mol. The zero-order valence-electron chi connectivity index (χ0n) is 12.1. The Morgan fingerprint density at radius 2 is 1.95 bits per heavy atom. The summed E-state index contributed by atoms with van der Waals surface area (Å²) in [6.07, 6.45) is 6.05. The molecule has 1 amide bonds. The number of nitrogens with zero attached hydrogens (tertiary/aromatic N) is 2. The fraction of sp³-hybridized carbons (Fsp3) is 0.625. The van der Waals surface area contributed by atoms with E-state index in [1.165, 1.54) is 6.07 Å². The topological polar surface area (TPSA) is 62.5 Å². The van der Waals surface area contributed by atoms with Crippen molar-refractivity contribution in [2.24, 2.45) is 5.92 Å². The Morgan fingerprint density at radius 3 is 2.57 bits per heavy atom. The maximum atomic E-state index is 12.5. The molecule has 0 aromatic carbocycles. The van der Waals surface area contributed by atoms with Crippen LogP contribution in [0.5, 0.6) is 0 Å². The van der Waals surface area contributed by atoms with Crippen LogP contribution in [0.3, 0.4) is 0 Å². The number of hydrogen-bond acceptors (Lipinski definition) is 3. The van der Waals surface area contributed by atoms with Crippen molar-refractivity contribution in [3.05, 3.63) is 34.7 Å². The summed E-state index contributed by atoms with van der Waals surface area (Å²) < 4.78 is 1.58. The minimum Gasteiger partial charge on any atom is -0.396 e. The Balaban J connectivity index is 1.62. The van der Waals surface area contributed by atoms with E-state index in [4.69, 9.17) is 0 Å². The van der Waals surface area contributed by atoms with Gasteiger partial charge in [0.1, 0.15) is 0 Å². The maximum Gasteiger partial charge on any atom is 0.250 e. The summed E-state index contributed by atoms with van der Waals surface area (Å²) in [6, 6.07) is 5.62. The van der Waals surface area contributed by atoms with Gasteiger partial charge in [0.25, 0.3) is 5.56 Å². The lowest BCUT2D eigenvalue weighted by molar-refractivity contribution is -0.137. The first-order chi connectivity index (χ1) is 10.2. The molecule has 2 fully saturated rings. The van der Waals surface area contributed by atoms with E-state index in [1.807, 2.05) is 11.0 Å². The van der Waals surface area contributed by atoms with Crippen molar-refractivity contribution in [2.45, 2.75) is 50.7 Å². The molecule has 114 valence electrons. The van der Waals surface area contributed by atoms with E-state index in [0.717, 1.165) is 25.7 Å². The number of piperidine rings is 1. The number of aromatic nitrogens is 1. The van der Waals surface area contributed by atoms with Crippen molar-refractivity contribution in [2.75, 3.05) is 6.61 Å². The monoisotopic (exact) mass is 290 g/mol. The summed E-state index contributed by atoms with van der Waals surface area (Å²) in [5, 5.41) is 9.32. The first-order valence-corrected chi connectivity index (χ1v) is 7.76. The van der Waals surface area contributed by atoms with Crippen LogP contribution in [0.2, 0.25) is 0 Å². The fourth-order valence-electron chi connectivity index (χ4n) is 3.84. The van der Waals surface area contributed by atoms with Crippen LogP contribution in [0.25, 0.3) is 0 Å². The predicted molar refractivity (Wildman–Crippen MR) is 78.8 cm³/mol. The first-order valence-electron chi connectivity index (χ1n) is 7.76. The third-order valence-corrected chi connectivity index (χ3v) is 4.84. The predicted octanol–water partition coefficient (Wildman–Crippen LogP) is 1.00. The molecule has 1 aromatic rings. The molecule has 5 heteroatoms. The number of carbonyl (C=O) groups is 1. The Morgan fingerprint density at radius 1 is 1.24 bits per heavy atom. The zero-order chi connectivity index (χ0) is 14.8. The van der Waals surface area contributed by atoms with Crippen molar-refractivity contribution < 1.29 is 9.90 Å². The standard InChI is InChI=1S/C16H22N2O3/c19-11-12-9-13-4-5-14(10-12)18(13)16(21)6-8-17-7-2-1-3-15(17)20/h1-3,7,12-14,19H,4-6,8-11H2/t12?,13-,14+. The highest BCUT2D eigenvalue weighted by atomic mass is 16.3. The number of aliphatic hydroxyl groups excluding tert-OH is 1. The third-order valence-electron chi connectivity index (χ3n) is 4.84. The van der Waals surface area contributed by atoms with E-state index in [2.05, 4.69) is 0 Å². The Bertz CT molecular complexity index is 555. The van der Waals surface area contributed by atoms with Crippen molar-refractivity contribution in [1.29, 1.82) is 0 Å². The number of aryl methyl sites for hydroxylation is 1. The number of carbonyl (C=O) groups excluding carboxylic acids is 1. The minimum absolute atomic E-state index is 0.0627. The average molecular weight is 290 g/mol. The van der Waals surface area contributed by atoms with Crippen LogP contribution < -0.4 is 5.56 Å². The van der Waals surface area contributed by atoms with Gasteiger partial charge in [0.15, 0.2) is 0 Å². The Kier molecular flexibility index (Phi) is 4.10.